The summed E-state index contributed by atoms with van der Waals surface area (Å²) in [5.74, 6) is 0.174. The molecule has 0 rings (SSSR count). The number of amides is 1. The Balaban J connectivity index is 0. The smallest absolute Gasteiger partial charge is 0.219 e. The van der Waals surface area contributed by atoms with E-state index in [1.54, 1.807) is 0 Å². The van der Waals surface area contributed by atoms with Crippen molar-refractivity contribution < 1.29 is 4.79 Å². The molecule has 0 aromatic rings. The lowest BCUT2D eigenvalue weighted by Crippen LogP contribution is -2.23. The maximum atomic E-state index is 11.0. The number of hydrogen-bond donors (Lipinski definition) is 3. The third kappa shape index (κ3) is 17.4. The summed E-state index contributed by atoms with van der Waals surface area (Å²) < 4.78 is 0. The van der Waals surface area contributed by atoms with Crippen LogP contribution in [0.15, 0.2) is 0 Å². The van der Waals surface area contributed by atoms with E-state index in [0.29, 0.717) is 6.42 Å². The van der Waals surface area contributed by atoms with E-state index in [4.69, 9.17) is 5.73 Å². The predicted octanol–water partition coefficient (Wildman–Crippen LogP) is 3.53. The fourth-order valence-corrected chi connectivity index (χ4v) is 2.04. The minimum atomic E-state index is 0. The van der Waals surface area contributed by atoms with Crippen molar-refractivity contribution in [3.63, 3.8) is 0 Å². The van der Waals surface area contributed by atoms with Gasteiger partial charge in [0.2, 0.25) is 5.91 Å². The average molecular weight is 273 g/mol. The summed E-state index contributed by atoms with van der Waals surface area (Å²) in [7, 11) is 0. The Morgan fingerprint density at radius 3 is 1.68 bits per heavy atom. The lowest BCUT2D eigenvalue weighted by atomic mass is 10.1. The molecule has 0 aliphatic heterocycles. The van der Waals surface area contributed by atoms with E-state index < -0.39 is 0 Å². The number of hydrogen-bond acceptors (Lipinski definition) is 3. The molecule has 0 aromatic carbocycles. The number of rotatable bonds is 13. The van der Waals surface area contributed by atoms with Gasteiger partial charge in [0.1, 0.15) is 0 Å². The van der Waals surface area contributed by atoms with Crippen molar-refractivity contribution in [3.05, 3.63) is 0 Å². The SMILES string of the molecule is CCC(=O)NCCCCCCCCCCCCN.N. The Labute approximate surface area is 119 Å². The van der Waals surface area contributed by atoms with Gasteiger partial charge in [0.15, 0.2) is 0 Å². The third-order valence-corrected chi connectivity index (χ3v) is 3.27. The van der Waals surface area contributed by atoms with Crippen LogP contribution in [-0.4, -0.2) is 19.0 Å². The molecule has 0 saturated carbocycles. The zero-order valence-electron chi connectivity index (χ0n) is 12.9. The molecular weight excluding hydrogens is 238 g/mol. The van der Waals surface area contributed by atoms with Gasteiger partial charge in [-0.1, -0.05) is 58.3 Å². The van der Waals surface area contributed by atoms with E-state index in [-0.39, 0.29) is 12.1 Å². The summed E-state index contributed by atoms with van der Waals surface area (Å²) in [5, 5.41) is 2.91. The Hall–Kier alpha value is -0.610. The summed E-state index contributed by atoms with van der Waals surface area (Å²) >= 11 is 0. The normalized spacial score (nSPS) is 10.0. The van der Waals surface area contributed by atoms with Gasteiger partial charge in [0.25, 0.3) is 0 Å². The second-order valence-electron chi connectivity index (χ2n) is 5.03. The van der Waals surface area contributed by atoms with Crippen LogP contribution in [0.5, 0.6) is 0 Å². The fourth-order valence-electron chi connectivity index (χ4n) is 2.04. The molecule has 1 amide bonds. The summed E-state index contributed by atoms with van der Waals surface area (Å²) in [6.45, 7) is 3.59. The first kappa shape index (κ1) is 20.7. The van der Waals surface area contributed by atoms with E-state index in [1.807, 2.05) is 6.92 Å². The van der Waals surface area contributed by atoms with E-state index >= 15 is 0 Å². The zero-order chi connectivity index (χ0) is 13.5. The molecule has 4 nitrogen and oxygen atoms in total. The number of unbranched alkanes of at least 4 members (excludes halogenated alkanes) is 9. The van der Waals surface area contributed by atoms with Crippen LogP contribution in [0.25, 0.3) is 0 Å². The Bertz CT molecular complexity index is 186. The lowest BCUT2D eigenvalue weighted by molar-refractivity contribution is -0.120. The van der Waals surface area contributed by atoms with Crippen molar-refractivity contribution in [2.45, 2.75) is 77.6 Å². The van der Waals surface area contributed by atoms with E-state index in [9.17, 15) is 4.79 Å². The van der Waals surface area contributed by atoms with Crippen molar-refractivity contribution in [2.24, 2.45) is 5.73 Å². The first-order valence-corrected chi connectivity index (χ1v) is 7.78. The molecular formula is C15H35N3O. The van der Waals surface area contributed by atoms with Crippen LogP contribution in [0.3, 0.4) is 0 Å². The highest BCUT2D eigenvalue weighted by atomic mass is 16.1. The summed E-state index contributed by atoms with van der Waals surface area (Å²) in [5.41, 5.74) is 5.45. The number of carbonyl (C=O) groups excluding carboxylic acids is 1. The van der Waals surface area contributed by atoms with Crippen LogP contribution < -0.4 is 17.2 Å². The van der Waals surface area contributed by atoms with Crippen LogP contribution in [0.2, 0.25) is 0 Å². The molecule has 0 saturated heterocycles. The van der Waals surface area contributed by atoms with Gasteiger partial charge in [-0.2, -0.15) is 0 Å². The standard InChI is InChI=1S/C15H32N2O.H3N/c1-2-15(18)17-14-12-10-8-6-4-3-5-7-9-11-13-16;/h2-14,16H2,1H3,(H,17,18);1H3. The predicted molar refractivity (Wildman–Crippen MR) is 83.5 cm³/mol. The molecule has 0 bridgehead atoms. The van der Waals surface area contributed by atoms with E-state index in [2.05, 4.69) is 5.32 Å². The molecule has 116 valence electrons. The largest absolute Gasteiger partial charge is 0.356 e. The highest BCUT2D eigenvalue weighted by Gasteiger charge is 1.95. The molecule has 0 radical (unpaired) electrons. The van der Waals surface area contributed by atoms with Gasteiger partial charge in [-0.25, -0.2) is 0 Å². The van der Waals surface area contributed by atoms with Crippen LogP contribution in [-0.2, 0) is 4.79 Å². The van der Waals surface area contributed by atoms with Crippen molar-refractivity contribution in [1.82, 2.24) is 11.5 Å². The number of nitrogens with two attached hydrogens (primary N) is 1. The van der Waals surface area contributed by atoms with Gasteiger partial charge < -0.3 is 17.2 Å². The van der Waals surface area contributed by atoms with E-state index in [0.717, 1.165) is 19.5 Å². The molecule has 6 N–H and O–H groups in total. The van der Waals surface area contributed by atoms with Crippen molar-refractivity contribution >= 4 is 5.91 Å². The average Bonchev–Trinajstić information content (AvgIpc) is 2.39. The highest BCUT2D eigenvalue weighted by Crippen LogP contribution is 2.10. The molecule has 0 aliphatic carbocycles. The second kappa shape index (κ2) is 17.4. The highest BCUT2D eigenvalue weighted by molar-refractivity contribution is 5.75. The van der Waals surface area contributed by atoms with Crippen molar-refractivity contribution in [3.8, 4) is 0 Å². The molecule has 0 heterocycles. The van der Waals surface area contributed by atoms with Gasteiger partial charge in [0.05, 0.1) is 0 Å². The van der Waals surface area contributed by atoms with Gasteiger partial charge >= 0.3 is 0 Å². The molecule has 4 heteroatoms. The Morgan fingerprint density at radius 1 is 0.842 bits per heavy atom. The monoisotopic (exact) mass is 273 g/mol. The van der Waals surface area contributed by atoms with Gasteiger partial charge in [-0.05, 0) is 19.4 Å². The third-order valence-electron chi connectivity index (χ3n) is 3.27. The molecule has 0 atom stereocenters. The maximum Gasteiger partial charge on any atom is 0.219 e. The first-order valence-electron chi connectivity index (χ1n) is 7.78. The molecule has 0 fully saturated rings. The number of nitrogens with one attached hydrogen (secondary N) is 1. The van der Waals surface area contributed by atoms with Gasteiger partial charge in [-0.15, -0.1) is 0 Å². The fraction of sp³-hybridized carbons (Fsp3) is 0.933. The van der Waals surface area contributed by atoms with E-state index in [1.165, 1.54) is 57.8 Å². The molecule has 0 spiro atoms. The van der Waals surface area contributed by atoms with Crippen LogP contribution in [0.4, 0.5) is 0 Å². The topological polar surface area (TPSA) is 90.1 Å². The number of carbonyl (C=O) groups is 1. The zero-order valence-corrected chi connectivity index (χ0v) is 12.9. The van der Waals surface area contributed by atoms with Crippen LogP contribution in [0.1, 0.15) is 77.6 Å². The summed E-state index contributed by atoms with van der Waals surface area (Å²) in [6.07, 6.45) is 13.6. The quantitative estimate of drug-likeness (QED) is 0.448. The minimum absolute atomic E-state index is 0. The van der Waals surface area contributed by atoms with Crippen LogP contribution in [0, 0.1) is 0 Å². The van der Waals surface area contributed by atoms with Crippen molar-refractivity contribution in [1.29, 1.82) is 0 Å². The molecule has 0 aromatic heterocycles. The van der Waals surface area contributed by atoms with Crippen molar-refractivity contribution in [2.75, 3.05) is 13.1 Å². The Kier molecular flexibility index (Phi) is 18.9. The first-order chi connectivity index (χ1) is 8.81. The summed E-state index contributed by atoms with van der Waals surface area (Å²) in [4.78, 5) is 11.0. The van der Waals surface area contributed by atoms with Crippen LogP contribution >= 0.6 is 0 Å². The summed E-state index contributed by atoms with van der Waals surface area (Å²) in [6, 6.07) is 0. The molecule has 0 aliphatic rings. The maximum absolute atomic E-state index is 11.0. The van der Waals surface area contributed by atoms with Gasteiger partial charge in [-0.3, -0.25) is 4.79 Å². The minimum Gasteiger partial charge on any atom is -0.356 e. The molecule has 0 unspecified atom stereocenters. The lowest BCUT2D eigenvalue weighted by Gasteiger charge is -2.04. The van der Waals surface area contributed by atoms with Gasteiger partial charge in [0, 0.05) is 13.0 Å². The molecule has 19 heavy (non-hydrogen) atoms. The second-order valence-corrected chi connectivity index (χ2v) is 5.03. The Morgan fingerprint density at radius 2 is 1.26 bits per heavy atom.